The molecule has 0 spiro atoms. The van der Waals surface area contributed by atoms with Crippen LogP contribution in [0.5, 0.6) is 0 Å². The van der Waals surface area contributed by atoms with Gasteiger partial charge in [0, 0.05) is 43.8 Å². The van der Waals surface area contributed by atoms with Gasteiger partial charge in [-0.25, -0.2) is 0 Å². The maximum atomic E-state index is 3.59. The highest BCUT2D eigenvalue weighted by Crippen LogP contribution is 2.32. The van der Waals surface area contributed by atoms with E-state index in [1.54, 1.807) is 0 Å². The zero-order valence-corrected chi connectivity index (χ0v) is 10.7. The summed E-state index contributed by atoms with van der Waals surface area (Å²) in [5.74, 6) is 0. The van der Waals surface area contributed by atoms with Gasteiger partial charge in [-0.05, 0) is 39.7 Å². The first kappa shape index (κ1) is 11.0. The summed E-state index contributed by atoms with van der Waals surface area (Å²) in [5, 5.41) is 3.59. The van der Waals surface area contributed by atoms with Gasteiger partial charge in [-0.2, -0.15) is 0 Å². The van der Waals surface area contributed by atoms with E-state index in [0.29, 0.717) is 6.04 Å². The molecule has 3 nitrogen and oxygen atoms in total. The monoisotopic (exact) mass is 223 g/mol. The molecule has 0 aliphatic carbocycles. The fourth-order valence-electron chi connectivity index (χ4n) is 3.95. The first-order chi connectivity index (χ1) is 7.75. The third-order valence-electron chi connectivity index (χ3n) is 4.81. The molecule has 0 saturated carbocycles. The highest BCUT2D eigenvalue weighted by molar-refractivity contribution is 4.99. The number of rotatable bonds is 1. The van der Waals surface area contributed by atoms with Crippen LogP contribution in [0.25, 0.3) is 0 Å². The van der Waals surface area contributed by atoms with Crippen molar-refractivity contribution in [3.8, 4) is 0 Å². The lowest BCUT2D eigenvalue weighted by molar-refractivity contribution is 0.0783. The SMILES string of the molecule is CC1CN(C2CCN3CCCC23)C(C)CN1. The summed E-state index contributed by atoms with van der Waals surface area (Å²) in [4.78, 5) is 5.52. The standard InChI is InChI=1S/C13H25N3/c1-10-9-16(11(2)8-14-10)13-5-7-15-6-3-4-12(13)15/h10-14H,3-9H2,1-2H3. The number of nitrogens with one attached hydrogen (secondary N) is 1. The summed E-state index contributed by atoms with van der Waals surface area (Å²) < 4.78 is 0. The molecule has 3 aliphatic heterocycles. The zero-order chi connectivity index (χ0) is 11.1. The Bertz CT molecular complexity index is 256. The third-order valence-corrected chi connectivity index (χ3v) is 4.81. The van der Waals surface area contributed by atoms with Crippen molar-refractivity contribution in [3.63, 3.8) is 0 Å². The molecule has 0 aromatic heterocycles. The van der Waals surface area contributed by atoms with E-state index in [2.05, 4.69) is 29.0 Å². The normalized spacial score (nSPS) is 46.1. The van der Waals surface area contributed by atoms with E-state index < -0.39 is 0 Å². The van der Waals surface area contributed by atoms with Crippen molar-refractivity contribution in [1.29, 1.82) is 0 Å². The third kappa shape index (κ3) is 1.79. The van der Waals surface area contributed by atoms with Gasteiger partial charge in [0.2, 0.25) is 0 Å². The predicted octanol–water partition coefficient (Wildman–Crippen LogP) is 0.905. The van der Waals surface area contributed by atoms with E-state index >= 15 is 0 Å². The molecule has 92 valence electrons. The smallest absolute Gasteiger partial charge is 0.0267 e. The molecule has 16 heavy (non-hydrogen) atoms. The molecule has 0 amide bonds. The van der Waals surface area contributed by atoms with Crippen LogP contribution in [-0.4, -0.2) is 60.1 Å². The highest BCUT2D eigenvalue weighted by Gasteiger charge is 2.42. The maximum Gasteiger partial charge on any atom is 0.0267 e. The van der Waals surface area contributed by atoms with Crippen molar-refractivity contribution in [2.75, 3.05) is 26.2 Å². The van der Waals surface area contributed by atoms with E-state index in [1.165, 1.54) is 45.4 Å². The van der Waals surface area contributed by atoms with Crippen LogP contribution in [0.2, 0.25) is 0 Å². The summed E-state index contributed by atoms with van der Waals surface area (Å²) >= 11 is 0. The zero-order valence-electron chi connectivity index (χ0n) is 10.7. The molecule has 4 atom stereocenters. The second-order valence-electron chi connectivity index (χ2n) is 5.96. The topological polar surface area (TPSA) is 18.5 Å². The first-order valence-electron chi connectivity index (χ1n) is 6.99. The lowest BCUT2D eigenvalue weighted by Gasteiger charge is -2.43. The molecule has 3 heterocycles. The van der Waals surface area contributed by atoms with Crippen molar-refractivity contribution in [2.24, 2.45) is 0 Å². The average molecular weight is 223 g/mol. The number of nitrogens with zero attached hydrogens (tertiary/aromatic N) is 2. The molecule has 0 aromatic rings. The van der Waals surface area contributed by atoms with Crippen LogP contribution in [0.4, 0.5) is 0 Å². The number of hydrogen-bond acceptors (Lipinski definition) is 3. The molecule has 3 fully saturated rings. The van der Waals surface area contributed by atoms with Gasteiger partial charge in [-0.15, -0.1) is 0 Å². The predicted molar refractivity (Wildman–Crippen MR) is 66.6 cm³/mol. The summed E-state index contributed by atoms with van der Waals surface area (Å²) in [6, 6.07) is 3.13. The van der Waals surface area contributed by atoms with Crippen molar-refractivity contribution >= 4 is 0 Å². The lowest BCUT2D eigenvalue weighted by Crippen LogP contribution is -2.59. The van der Waals surface area contributed by atoms with Gasteiger partial charge in [0.05, 0.1) is 0 Å². The summed E-state index contributed by atoms with van der Waals surface area (Å²) in [5.41, 5.74) is 0. The average Bonchev–Trinajstić information content (AvgIpc) is 2.83. The Labute approximate surface area is 99.2 Å². The Morgan fingerprint density at radius 3 is 2.81 bits per heavy atom. The van der Waals surface area contributed by atoms with Gasteiger partial charge in [0.15, 0.2) is 0 Å². The molecule has 0 aromatic carbocycles. The Hall–Kier alpha value is -0.120. The van der Waals surface area contributed by atoms with Crippen LogP contribution in [0, 0.1) is 0 Å². The molecular formula is C13H25N3. The minimum absolute atomic E-state index is 0.673. The van der Waals surface area contributed by atoms with Crippen LogP contribution in [0.15, 0.2) is 0 Å². The molecule has 3 aliphatic rings. The Kier molecular flexibility index (Phi) is 2.94. The molecule has 0 bridgehead atoms. The molecular weight excluding hydrogens is 198 g/mol. The second kappa shape index (κ2) is 4.28. The van der Waals surface area contributed by atoms with E-state index in [-0.39, 0.29) is 0 Å². The molecule has 3 saturated heterocycles. The van der Waals surface area contributed by atoms with Gasteiger partial charge in [-0.1, -0.05) is 0 Å². The van der Waals surface area contributed by atoms with Crippen LogP contribution < -0.4 is 5.32 Å². The van der Waals surface area contributed by atoms with Crippen molar-refractivity contribution in [3.05, 3.63) is 0 Å². The van der Waals surface area contributed by atoms with Crippen molar-refractivity contribution in [1.82, 2.24) is 15.1 Å². The maximum absolute atomic E-state index is 3.59. The molecule has 1 N–H and O–H groups in total. The number of piperazine rings is 1. The minimum Gasteiger partial charge on any atom is -0.311 e. The summed E-state index contributed by atoms with van der Waals surface area (Å²) in [6.45, 7) is 9.83. The van der Waals surface area contributed by atoms with Crippen molar-refractivity contribution in [2.45, 2.75) is 57.3 Å². The fraction of sp³-hybridized carbons (Fsp3) is 1.00. The van der Waals surface area contributed by atoms with E-state index in [0.717, 1.165) is 18.1 Å². The van der Waals surface area contributed by atoms with E-state index in [9.17, 15) is 0 Å². The summed E-state index contributed by atoms with van der Waals surface area (Å²) in [6.07, 6.45) is 4.27. The summed E-state index contributed by atoms with van der Waals surface area (Å²) in [7, 11) is 0. The number of fused-ring (bicyclic) bond motifs is 1. The van der Waals surface area contributed by atoms with Gasteiger partial charge in [-0.3, -0.25) is 9.80 Å². The Morgan fingerprint density at radius 2 is 1.94 bits per heavy atom. The van der Waals surface area contributed by atoms with E-state index in [4.69, 9.17) is 0 Å². The fourth-order valence-corrected chi connectivity index (χ4v) is 3.95. The largest absolute Gasteiger partial charge is 0.311 e. The lowest BCUT2D eigenvalue weighted by atomic mass is 10.00. The molecule has 0 radical (unpaired) electrons. The molecule has 3 rings (SSSR count). The van der Waals surface area contributed by atoms with Gasteiger partial charge >= 0.3 is 0 Å². The molecule has 3 heteroatoms. The highest BCUT2D eigenvalue weighted by atomic mass is 15.3. The van der Waals surface area contributed by atoms with Crippen LogP contribution in [-0.2, 0) is 0 Å². The number of hydrogen-bond donors (Lipinski definition) is 1. The van der Waals surface area contributed by atoms with Gasteiger partial charge < -0.3 is 5.32 Å². The van der Waals surface area contributed by atoms with Crippen molar-refractivity contribution < 1.29 is 0 Å². The van der Waals surface area contributed by atoms with E-state index in [1.807, 2.05) is 0 Å². The van der Waals surface area contributed by atoms with Crippen LogP contribution in [0.1, 0.15) is 33.1 Å². The Balaban J connectivity index is 1.71. The Morgan fingerprint density at radius 1 is 1.06 bits per heavy atom. The van der Waals surface area contributed by atoms with Gasteiger partial charge in [0.25, 0.3) is 0 Å². The minimum atomic E-state index is 0.673. The molecule has 4 unspecified atom stereocenters. The quantitative estimate of drug-likeness (QED) is 0.713. The second-order valence-corrected chi connectivity index (χ2v) is 5.96. The van der Waals surface area contributed by atoms with Gasteiger partial charge in [0.1, 0.15) is 0 Å². The van der Waals surface area contributed by atoms with Crippen LogP contribution in [0.3, 0.4) is 0 Å². The van der Waals surface area contributed by atoms with Crippen LogP contribution >= 0.6 is 0 Å². The first-order valence-corrected chi connectivity index (χ1v) is 6.99.